The van der Waals surface area contributed by atoms with Gasteiger partial charge in [0, 0.05) is 11.8 Å². The Bertz CT molecular complexity index is 683. The van der Waals surface area contributed by atoms with E-state index in [1.807, 2.05) is 35.8 Å². The smallest absolute Gasteiger partial charge is 0.118 e. The number of ether oxygens (including phenoxy) is 1. The lowest BCUT2D eigenvalue weighted by molar-refractivity contribution is 0.415. The van der Waals surface area contributed by atoms with E-state index in [4.69, 9.17) is 4.74 Å². The maximum absolute atomic E-state index is 5.16. The summed E-state index contributed by atoms with van der Waals surface area (Å²) in [6.45, 7) is 1.99. The third-order valence-electron chi connectivity index (χ3n) is 3.01. The van der Waals surface area contributed by atoms with Crippen molar-refractivity contribution in [2.75, 3.05) is 7.11 Å². The van der Waals surface area contributed by atoms with E-state index in [-0.39, 0.29) is 0 Å². The van der Waals surface area contributed by atoms with Crippen molar-refractivity contribution in [2.45, 2.75) is 6.92 Å². The molecular formula is C15H14N2O. The molecule has 0 saturated heterocycles. The van der Waals surface area contributed by atoms with E-state index in [2.05, 4.69) is 29.4 Å². The molecule has 1 aromatic carbocycles. The third-order valence-corrected chi connectivity index (χ3v) is 3.01. The number of benzene rings is 1. The van der Waals surface area contributed by atoms with Crippen LogP contribution in [0.1, 0.15) is 5.69 Å². The lowest BCUT2D eigenvalue weighted by atomic mass is 10.1. The Morgan fingerprint density at radius 3 is 2.50 bits per heavy atom. The molecule has 2 heterocycles. The predicted octanol–water partition coefficient (Wildman–Crippen LogP) is 3.32. The number of aromatic nitrogens is 2. The van der Waals surface area contributed by atoms with E-state index in [1.165, 1.54) is 5.56 Å². The second-order valence-corrected chi connectivity index (χ2v) is 4.30. The summed E-state index contributed by atoms with van der Waals surface area (Å²) in [6.07, 6.45) is 2.05. The summed E-state index contributed by atoms with van der Waals surface area (Å²) < 4.78 is 7.07. The number of methoxy groups -OCH3 is 1. The monoisotopic (exact) mass is 238 g/mol. The maximum atomic E-state index is 5.16. The molecule has 0 bridgehead atoms. The van der Waals surface area contributed by atoms with Crippen molar-refractivity contribution >= 4 is 5.52 Å². The molecule has 2 aromatic heterocycles. The summed E-state index contributed by atoms with van der Waals surface area (Å²) in [5.74, 6) is 0.872. The summed E-state index contributed by atoms with van der Waals surface area (Å²) in [4.78, 5) is 0. The predicted molar refractivity (Wildman–Crippen MR) is 71.9 cm³/mol. The molecule has 0 fully saturated rings. The van der Waals surface area contributed by atoms with E-state index in [0.29, 0.717) is 0 Å². The van der Waals surface area contributed by atoms with Gasteiger partial charge in [0.15, 0.2) is 0 Å². The van der Waals surface area contributed by atoms with E-state index in [9.17, 15) is 0 Å². The fourth-order valence-corrected chi connectivity index (χ4v) is 2.03. The highest BCUT2D eigenvalue weighted by molar-refractivity contribution is 5.70. The molecule has 0 N–H and O–H groups in total. The van der Waals surface area contributed by atoms with Crippen LogP contribution in [0, 0.1) is 6.92 Å². The summed E-state index contributed by atoms with van der Waals surface area (Å²) in [5, 5.41) is 4.45. The molecule has 0 atom stereocenters. The van der Waals surface area contributed by atoms with Crippen molar-refractivity contribution in [1.29, 1.82) is 0 Å². The summed E-state index contributed by atoms with van der Waals surface area (Å²) >= 11 is 0. The van der Waals surface area contributed by atoms with Crippen molar-refractivity contribution in [3.8, 4) is 16.9 Å². The lowest BCUT2D eigenvalue weighted by Crippen LogP contribution is -1.90. The van der Waals surface area contributed by atoms with Gasteiger partial charge in [-0.2, -0.15) is 5.10 Å². The number of nitrogens with zero attached hydrogens (tertiary/aromatic N) is 2. The minimum atomic E-state index is 0.872. The molecular weight excluding hydrogens is 224 g/mol. The van der Waals surface area contributed by atoms with Gasteiger partial charge in [0.1, 0.15) is 5.75 Å². The van der Waals surface area contributed by atoms with Crippen LogP contribution in [0.4, 0.5) is 0 Å². The first-order chi connectivity index (χ1) is 8.76. The zero-order valence-electron chi connectivity index (χ0n) is 10.4. The Morgan fingerprint density at radius 1 is 1.00 bits per heavy atom. The minimum Gasteiger partial charge on any atom is -0.497 e. The van der Waals surface area contributed by atoms with Gasteiger partial charge in [0.25, 0.3) is 0 Å². The Kier molecular flexibility index (Phi) is 2.52. The van der Waals surface area contributed by atoms with Crippen LogP contribution < -0.4 is 4.74 Å². The Morgan fingerprint density at radius 2 is 1.78 bits per heavy atom. The first-order valence-electron chi connectivity index (χ1n) is 5.87. The molecule has 3 rings (SSSR count). The first-order valence-corrected chi connectivity index (χ1v) is 5.87. The van der Waals surface area contributed by atoms with Gasteiger partial charge < -0.3 is 4.74 Å². The SMILES string of the molecule is COc1ccc(-c2cc3ccc(C)nn3c2)cc1. The highest BCUT2D eigenvalue weighted by Crippen LogP contribution is 2.24. The molecule has 0 saturated carbocycles. The van der Waals surface area contributed by atoms with Crippen LogP contribution >= 0.6 is 0 Å². The summed E-state index contributed by atoms with van der Waals surface area (Å²) in [6, 6.07) is 14.3. The fourth-order valence-electron chi connectivity index (χ4n) is 2.03. The highest BCUT2D eigenvalue weighted by atomic mass is 16.5. The zero-order chi connectivity index (χ0) is 12.5. The van der Waals surface area contributed by atoms with Crippen molar-refractivity contribution in [3.63, 3.8) is 0 Å². The van der Waals surface area contributed by atoms with E-state index in [0.717, 1.165) is 22.5 Å². The second-order valence-electron chi connectivity index (χ2n) is 4.30. The molecule has 0 aliphatic rings. The molecule has 0 unspecified atom stereocenters. The highest BCUT2D eigenvalue weighted by Gasteiger charge is 2.03. The molecule has 0 spiro atoms. The fraction of sp³-hybridized carbons (Fsp3) is 0.133. The average molecular weight is 238 g/mol. The van der Waals surface area contributed by atoms with E-state index >= 15 is 0 Å². The molecule has 18 heavy (non-hydrogen) atoms. The van der Waals surface area contributed by atoms with Crippen LogP contribution in [0.3, 0.4) is 0 Å². The number of aryl methyl sites for hydroxylation is 1. The van der Waals surface area contributed by atoms with Gasteiger partial charge in [-0.15, -0.1) is 0 Å². The van der Waals surface area contributed by atoms with E-state index < -0.39 is 0 Å². The maximum Gasteiger partial charge on any atom is 0.118 e. The molecule has 0 aliphatic heterocycles. The summed E-state index contributed by atoms with van der Waals surface area (Å²) in [7, 11) is 1.67. The lowest BCUT2D eigenvalue weighted by Gasteiger charge is -2.00. The van der Waals surface area contributed by atoms with Gasteiger partial charge in [-0.3, -0.25) is 0 Å². The van der Waals surface area contributed by atoms with Crippen LogP contribution in [0.25, 0.3) is 16.6 Å². The number of rotatable bonds is 2. The number of hydrogen-bond acceptors (Lipinski definition) is 2. The van der Waals surface area contributed by atoms with Crippen LogP contribution in [-0.4, -0.2) is 16.7 Å². The summed E-state index contributed by atoms with van der Waals surface area (Å²) in [5.41, 5.74) is 4.44. The minimum absolute atomic E-state index is 0.872. The normalized spacial score (nSPS) is 10.8. The van der Waals surface area contributed by atoms with Crippen LogP contribution in [-0.2, 0) is 0 Å². The standard InChI is InChI=1S/C15H14N2O/c1-11-3-6-14-9-13(10-17(14)16-11)12-4-7-15(18-2)8-5-12/h3-10H,1-2H3. The molecule has 3 nitrogen and oxygen atoms in total. The van der Waals surface area contributed by atoms with Gasteiger partial charge in [-0.1, -0.05) is 12.1 Å². The van der Waals surface area contributed by atoms with Gasteiger partial charge in [-0.25, -0.2) is 4.52 Å². The molecule has 0 radical (unpaired) electrons. The quantitative estimate of drug-likeness (QED) is 0.684. The van der Waals surface area contributed by atoms with Gasteiger partial charge in [0.2, 0.25) is 0 Å². The first kappa shape index (κ1) is 10.8. The largest absolute Gasteiger partial charge is 0.497 e. The van der Waals surface area contributed by atoms with Crippen molar-refractivity contribution in [2.24, 2.45) is 0 Å². The van der Waals surface area contributed by atoms with Crippen LogP contribution in [0.5, 0.6) is 5.75 Å². The molecule has 3 aromatic rings. The molecule has 3 heteroatoms. The Hall–Kier alpha value is -2.29. The zero-order valence-corrected chi connectivity index (χ0v) is 10.4. The third kappa shape index (κ3) is 1.84. The number of hydrogen-bond donors (Lipinski definition) is 0. The van der Waals surface area contributed by atoms with Gasteiger partial charge in [0.05, 0.1) is 18.3 Å². The topological polar surface area (TPSA) is 26.5 Å². The molecule has 90 valence electrons. The van der Waals surface area contributed by atoms with Crippen molar-refractivity contribution in [3.05, 3.63) is 54.4 Å². The van der Waals surface area contributed by atoms with Gasteiger partial charge in [-0.05, 0) is 42.8 Å². The average Bonchev–Trinajstić information content (AvgIpc) is 2.81. The Balaban J connectivity index is 2.07. The van der Waals surface area contributed by atoms with Crippen LogP contribution in [0.15, 0.2) is 48.7 Å². The van der Waals surface area contributed by atoms with Crippen LogP contribution in [0.2, 0.25) is 0 Å². The number of fused-ring (bicyclic) bond motifs is 1. The Labute approximate surface area is 106 Å². The van der Waals surface area contributed by atoms with E-state index in [1.54, 1.807) is 7.11 Å². The second kappa shape index (κ2) is 4.18. The molecule has 0 aliphatic carbocycles. The van der Waals surface area contributed by atoms with Crippen molar-refractivity contribution in [1.82, 2.24) is 9.61 Å². The van der Waals surface area contributed by atoms with Gasteiger partial charge >= 0.3 is 0 Å². The molecule has 0 amide bonds. The van der Waals surface area contributed by atoms with Crippen molar-refractivity contribution < 1.29 is 4.74 Å².